The van der Waals surface area contributed by atoms with Crippen molar-refractivity contribution in [3.05, 3.63) is 59.7 Å². The number of carbonyl (C=O) groups is 3. The third-order valence-corrected chi connectivity index (χ3v) is 6.22. The minimum absolute atomic E-state index is 0.0654. The number of phenols is 1. The lowest BCUT2D eigenvalue weighted by molar-refractivity contribution is -0.735. The molecule has 30 heavy (non-hydrogen) atoms. The van der Waals surface area contributed by atoms with E-state index >= 15 is 0 Å². The zero-order valence-corrected chi connectivity index (χ0v) is 16.6. The maximum atomic E-state index is 13.3. The number of nitrogens with zero attached hydrogens (tertiary/aromatic N) is 1. The number of carbonyl (C=O) groups excluding carboxylic acids is 3. The molecule has 8 nitrogen and oxygen atoms in total. The first-order valence-corrected chi connectivity index (χ1v) is 9.61. The van der Waals surface area contributed by atoms with Crippen LogP contribution < -0.4 is 15.2 Å². The van der Waals surface area contributed by atoms with Crippen LogP contribution in [0.1, 0.15) is 24.1 Å². The highest BCUT2D eigenvalue weighted by molar-refractivity contribution is 6.08. The second-order valence-corrected chi connectivity index (χ2v) is 7.94. The average Bonchev–Trinajstić information content (AvgIpc) is 3.18. The molecule has 2 heterocycles. The van der Waals surface area contributed by atoms with Crippen molar-refractivity contribution in [2.75, 3.05) is 7.11 Å². The van der Waals surface area contributed by atoms with Gasteiger partial charge in [-0.3, -0.25) is 14.5 Å². The molecule has 2 aliphatic heterocycles. The molecule has 2 aromatic rings. The minimum atomic E-state index is -1.64. The molecule has 0 bridgehead atoms. The van der Waals surface area contributed by atoms with Gasteiger partial charge in [-0.25, -0.2) is 0 Å². The summed E-state index contributed by atoms with van der Waals surface area (Å²) in [5.74, 6) is -4.13. The van der Waals surface area contributed by atoms with Crippen molar-refractivity contribution in [2.45, 2.75) is 25.0 Å². The molecule has 0 spiro atoms. The van der Waals surface area contributed by atoms with Crippen molar-refractivity contribution in [3.63, 3.8) is 0 Å². The highest BCUT2D eigenvalue weighted by Gasteiger charge is 2.68. The molecule has 2 fully saturated rings. The largest absolute Gasteiger partial charge is 0.544 e. The fraction of sp³-hybridized carbons (Fsp3) is 0.318. The summed E-state index contributed by atoms with van der Waals surface area (Å²) in [6.45, 7) is 1.47. The summed E-state index contributed by atoms with van der Waals surface area (Å²) in [6, 6.07) is 12.9. The van der Waals surface area contributed by atoms with Crippen molar-refractivity contribution in [1.29, 1.82) is 0 Å². The molecule has 0 radical (unpaired) electrons. The van der Waals surface area contributed by atoms with Gasteiger partial charge in [0.2, 0.25) is 11.8 Å². The monoisotopic (exact) mass is 410 g/mol. The van der Waals surface area contributed by atoms with Crippen LogP contribution in [0.25, 0.3) is 0 Å². The second kappa shape index (κ2) is 7.14. The van der Waals surface area contributed by atoms with Crippen molar-refractivity contribution < 1.29 is 34.7 Å². The van der Waals surface area contributed by atoms with Gasteiger partial charge in [0.25, 0.3) is 0 Å². The van der Waals surface area contributed by atoms with E-state index in [1.807, 2.05) is 6.07 Å². The van der Waals surface area contributed by atoms with Crippen LogP contribution in [-0.4, -0.2) is 40.4 Å². The lowest BCUT2D eigenvalue weighted by Gasteiger charge is -2.29. The molecule has 4 rings (SSSR count). The van der Waals surface area contributed by atoms with Crippen LogP contribution in [0.3, 0.4) is 0 Å². The molecule has 3 N–H and O–H groups in total. The Hall–Kier alpha value is -3.39. The predicted octanol–water partition coefficient (Wildman–Crippen LogP) is -0.671. The first-order chi connectivity index (χ1) is 14.3. The SMILES string of the molecule is COc1ccc([C@@H]2[NH2+][C@@](C)(C(=O)[O-])[C@@H]3C(=O)N(Cc4ccccc4)C(=O)[C@@H]32)c(O)c1. The molecule has 2 saturated heterocycles. The van der Waals surface area contributed by atoms with Gasteiger partial charge in [0.15, 0.2) is 0 Å². The summed E-state index contributed by atoms with van der Waals surface area (Å²) in [7, 11) is 1.46. The fourth-order valence-corrected chi connectivity index (χ4v) is 4.66. The van der Waals surface area contributed by atoms with E-state index in [0.29, 0.717) is 11.3 Å². The second-order valence-electron chi connectivity index (χ2n) is 7.94. The summed E-state index contributed by atoms with van der Waals surface area (Å²) in [5.41, 5.74) is -0.500. The van der Waals surface area contributed by atoms with E-state index in [-0.39, 0.29) is 12.3 Å². The molecular formula is C22H22N2O6. The summed E-state index contributed by atoms with van der Waals surface area (Å²) >= 11 is 0. The number of aromatic hydroxyl groups is 1. The van der Waals surface area contributed by atoms with Crippen molar-refractivity contribution >= 4 is 17.8 Å². The van der Waals surface area contributed by atoms with Gasteiger partial charge in [-0.05, 0) is 24.6 Å². The van der Waals surface area contributed by atoms with Gasteiger partial charge in [0.05, 0.1) is 19.2 Å². The van der Waals surface area contributed by atoms with E-state index in [1.165, 1.54) is 25.4 Å². The molecule has 2 amide bonds. The Morgan fingerprint density at radius 3 is 2.50 bits per heavy atom. The molecule has 4 atom stereocenters. The molecule has 0 aliphatic carbocycles. The Bertz CT molecular complexity index is 1020. The van der Waals surface area contributed by atoms with E-state index < -0.39 is 41.2 Å². The number of ether oxygens (including phenoxy) is 1. The smallest absolute Gasteiger partial charge is 0.240 e. The molecule has 0 unspecified atom stereocenters. The summed E-state index contributed by atoms with van der Waals surface area (Å²) in [5, 5.41) is 24.0. The summed E-state index contributed by atoms with van der Waals surface area (Å²) < 4.78 is 5.10. The van der Waals surface area contributed by atoms with Crippen LogP contribution in [0, 0.1) is 11.8 Å². The van der Waals surface area contributed by atoms with Crippen molar-refractivity contribution in [1.82, 2.24) is 4.90 Å². The Balaban J connectivity index is 1.76. The number of carboxylic acid groups (broad SMARTS) is 1. The van der Waals surface area contributed by atoms with Gasteiger partial charge < -0.3 is 25.1 Å². The number of nitrogens with two attached hydrogens (primary N) is 1. The van der Waals surface area contributed by atoms with E-state index in [1.54, 1.807) is 36.4 Å². The topological polar surface area (TPSA) is 124 Å². The number of rotatable bonds is 5. The first-order valence-electron chi connectivity index (χ1n) is 9.61. The maximum Gasteiger partial charge on any atom is 0.240 e. The zero-order valence-electron chi connectivity index (χ0n) is 16.6. The molecule has 0 aromatic heterocycles. The quantitative estimate of drug-likeness (QED) is 0.630. The number of hydrogen-bond acceptors (Lipinski definition) is 6. The van der Waals surface area contributed by atoms with Gasteiger partial charge in [-0.15, -0.1) is 0 Å². The summed E-state index contributed by atoms with van der Waals surface area (Å²) in [6.07, 6.45) is 0. The average molecular weight is 410 g/mol. The number of quaternary nitrogens is 1. The lowest BCUT2D eigenvalue weighted by Crippen LogP contribution is -2.98. The number of amides is 2. The third kappa shape index (κ3) is 2.91. The Morgan fingerprint density at radius 2 is 1.90 bits per heavy atom. The van der Waals surface area contributed by atoms with Gasteiger partial charge in [-0.2, -0.15) is 0 Å². The minimum Gasteiger partial charge on any atom is -0.544 e. The molecule has 0 saturated carbocycles. The van der Waals surface area contributed by atoms with Crippen LogP contribution in [0.5, 0.6) is 11.5 Å². The van der Waals surface area contributed by atoms with Gasteiger partial charge in [0.1, 0.15) is 40.9 Å². The molecule has 8 heteroatoms. The van der Waals surface area contributed by atoms with E-state index in [0.717, 1.165) is 10.5 Å². The number of phenolic OH excluding ortho intramolecular Hbond substituents is 1. The number of carboxylic acids is 1. The first kappa shape index (κ1) is 19.9. The van der Waals surface area contributed by atoms with Gasteiger partial charge in [-0.1, -0.05) is 30.3 Å². The molecule has 156 valence electrons. The number of imide groups is 1. The normalized spacial score (nSPS) is 27.9. The molecular weight excluding hydrogens is 388 g/mol. The van der Waals surface area contributed by atoms with Crippen LogP contribution >= 0.6 is 0 Å². The maximum absolute atomic E-state index is 13.3. The number of methoxy groups -OCH3 is 1. The van der Waals surface area contributed by atoms with Crippen LogP contribution in [0.15, 0.2) is 48.5 Å². The number of benzene rings is 2. The van der Waals surface area contributed by atoms with E-state index in [9.17, 15) is 24.6 Å². The zero-order chi connectivity index (χ0) is 21.6. The third-order valence-electron chi connectivity index (χ3n) is 6.22. The Kier molecular flexibility index (Phi) is 4.74. The predicted molar refractivity (Wildman–Crippen MR) is 102 cm³/mol. The lowest BCUT2D eigenvalue weighted by atomic mass is 9.80. The van der Waals surface area contributed by atoms with E-state index in [2.05, 4.69) is 0 Å². The highest BCUT2D eigenvalue weighted by Crippen LogP contribution is 2.46. The van der Waals surface area contributed by atoms with Gasteiger partial charge in [0, 0.05) is 6.07 Å². The van der Waals surface area contributed by atoms with Crippen molar-refractivity contribution in [2.24, 2.45) is 11.8 Å². The van der Waals surface area contributed by atoms with Crippen molar-refractivity contribution in [3.8, 4) is 11.5 Å². The van der Waals surface area contributed by atoms with Gasteiger partial charge >= 0.3 is 0 Å². The standard InChI is InChI=1S/C22H22N2O6/c1-22(21(28)29)17-16(18(23-22)14-9-8-13(30-2)10-15(14)25)19(26)24(20(17)27)11-12-6-4-3-5-7-12/h3-10,16-18,23,25H,11H2,1-2H3,(H,28,29)/t16-,17-,18-,22+/m0/s1. The Morgan fingerprint density at radius 1 is 1.20 bits per heavy atom. The Labute approximate surface area is 173 Å². The van der Waals surface area contributed by atoms with Crippen LogP contribution in [-0.2, 0) is 20.9 Å². The highest BCUT2D eigenvalue weighted by atomic mass is 16.5. The fourth-order valence-electron chi connectivity index (χ4n) is 4.66. The summed E-state index contributed by atoms with van der Waals surface area (Å²) in [4.78, 5) is 39.6. The number of likely N-dealkylation sites (tertiary alicyclic amines) is 1. The van der Waals surface area contributed by atoms with Crippen LogP contribution in [0.2, 0.25) is 0 Å². The molecule has 2 aromatic carbocycles. The van der Waals surface area contributed by atoms with Crippen LogP contribution in [0.4, 0.5) is 0 Å². The number of hydrogen-bond donors (Lipinski definition) is 2. The number of fused-ring (bicyclic) bond motifs is 1. The number of aliphatic carboxylic acids is 1. The molecule has 2 aliphatic rings. The van der Waals surface area contributed by atoms with E-state index in [4.69, 9.17) is 4.74 Å².